The molecule has 1 atom stereocenters. The maximum Gasteiger partial charge on any atom is 0.305 e. The fourth-order valence-corrected chi connectivity index (χ4v) is 2.90. The molecule has 0 unspecified atom stereocenters. The highest BCUT2D eigenvalue weighted by Crippen LogP contribution is 2.36. The normalized spacial score (nSPS) is 13.1. The summed E-state index contributed by atoms with van der Waals surface area (Å²) in [6, 6.07) is 12.7. The standard InChI is InChI=1S/C16H15Cl2NO2.ClH/c1-16(19,9-14(20)21)13-7-3-6-12(15(13)18)10-4-2-5-11(17)8-10;/h2-8H,9,19H2,1H3,(H,20,21);1H/t16-;/m0./s1. The van der Waals surface area contributed by atoms with Crippen molar-refractivity contribution in [3.63, 3.8) is 0 Å². The Morgan fingerprint density at radius 1 is 1.23 bits per heavy atom. The molecule has 2 rings (SSSR count). The van der Waals surface area contributed by atoms with Crippen LogP contribution in [0.15, 0.2) is 42.5 Å². The van der Waals surface area contributed by atoms with Gasteiger partial charge in [0.1, 0.15) is 0 Å². The summed E-state index contributed by atoms with van der Waals surface area (Å²) < 4.78 is 0. The number of hydrogen-bond donors (Lipinski definition) is 2. The molecule has 0 radical (unpaired) electrons. The minimum Gasteiger partial charge on any atom is -0.481 e. The van der Waals surface area contributed by atoms with Crippen molar-refractivity contribution in [1.29, 1.82) is 0 Å². The molecule has 0 bridgehead atoms. The number of carboxylic acid groups (broad SMARTS) is 1. The van der Waals surface area contributed by atoms with Crippen molar-refractivity contribution in [2.24, 2.45) is 5.73 Å². The number of halogens is 3. The molecular weight excluding hydrogens is 345 g/mol. The van der Waals surface area contributed by atoms with Crippen LogP contribution in [-0.2, 0) is 10.3 Å². The Morgan fingerprint density at radius 3 is 2.45 bits per heavy atom. The molecule has 6 heteroatoms. The van der Waals surface area contributed by atoms with Crippen LogP contribution in [0.3, 0.4) is 0 Å². The van der Waals surface area contributed by atoms with Gasteiger partial charge in [-0.15, -0.1) is 12.4 Å². The first kappa shape index (κ1) is 18.8. The molecule has 118 valence electrons. The predicted molar refractivity (Wildman–Crippen MR) is 92.9 cm³/mol. The van der Waals surface area contributed by atoms with Crippen molar-refractivity contribution < 1.29 is 9.90 Å². The molecular formula is C16H16Cl3NO2. The third-order valence-corrected chi connectivity index (χ3v) is 3.91. The Kier molecular flexibility index (Phi) is 6.27. The first-order valence-electron chi connectivity index (χ1n) is 6.37. The lowest BCUT2D eigenvalue weighted by Gasteiger charge is -2.25. The zero-order valence-corrected chi connectivity index (χ0v) is 14.2. The number of aliphatic carboxylic acids is 1. The van der Waals surface area contributed by atoms with Crippen molar-refractivity contribution in [3.05, 3.63) is 58.1 Å². The van der Waals surface area contributed by atoms with Gasteiger partial charge in [-0.05, 0) is 30.2 Å². The number of rotatable bonds is 4. The van der Waals surface area contributed by atoms with Crippen LogP contribution in [0.2, 0.25) is 10.0 Å². The van der Waals surface area contributed by atoms with E-state index in [1.807, 2.05) is 24.3 Å². The van der Waals surface area contributed by atoms with Crippen LogP contribution in [0.1, 0.15) is 18.9 Å². The average Bonchev–Trinajstić information content (AvgIpc) is 2.37. The summed E-state index contributed by atoms with van der Waals surface area (Å²) in [5, 5.41) is 10.0. The van der Waals surface area contributed by atoms with Crippen LogP contribution in [-0.4, -0.2) is 11.1 Å². The maximum atomic E-state index is 11.0. The second-order valence-electron chi connectivity index (χ2n) is 5.17. The van der Waals surface area contributed by atoms with Crippen LogP contribution >= 0.6 is 35.6 Å². The van der Waals surface area contributed by atoms with Crippen molar-refractivity contribution >= 4 is 41.6 Å². The van der Waals surface area contributed by atoms with Gasteiger partial charge in [-0.3, -0.25) is 4.79 Å². The number of carboxylic acids is 1. The van der Waals surface area contributed by atoms with Crippen LogP contribution < -0.4 is 5.73 Å². The van der Waals surface area contributed by atoms with Crippen LogP contribution in [0.5, 0.6) is 0 Å². The maximum absolute atomic E-state index is 11.0. The predicted octanol–water partition coefficient (Wildman–Crippen LogP) is 4.73. The molecule has 0 aliphatic rings. The van der Waals surface area contributed by atoms with Gasteiger partial charge in [-0.2, -0.15) is 0 Å². The lowest BCUT2D eigenvalue weighted by atomic mass is 9.87. The topological polar surface area (TPSA) is 63.3 Å². The lowest BCUT2D eigenvalue weighted by molar-refractivity contribution is -0.138. The summed E-state index contributed by atoms with van der Waals surface area (Å²) in [7, 11) is 0. The molecule has 2 aromatic rings. The van der Waals surface area contributed by atoms with E-state index in [1.165, 1.54) is 0 Å². The molecule has 0 aliphatic heterocycles. The molecule has 0 spiro atoms. The summed E-state index contributed by atoms with van der Waals surface area (Å²) in [5.41, 5.74) is 7.32. The van der Waals surface area contributed by atoms with E-state index in [9.17, 15) is 4.79 Å². The molecule has 0 aliphatic carbocycles. The summed E-state index contributed by atoms with van der Waals surface area (Å²) in [6.07, 6.45) is -0.203. The van der Waals surface area contributed by atoms with Gasteiger partial charge in [0.2, 0.25) is 0 Å². The Hall–Kier alpha value is -1.26. The van der Waals surface area contributed by atoms with E-state index < -0.39 is 11.5 Å². The Balaban J connectivity index is 0.00000242. The smallest absolute Gasteiger partial charge is 0.305 e. The molecule has 3 nitrogen and oxygen atoms in total. The lowest BCUT2D eigenvalue weighted by Crippen LogP contribution is -2.35. The minimum atomic E-state index is -1.04. The first-order valence-corrected chi connectivity index (χ1v) is 7.12. The van der Waals surface area contributed by atoms with E-state index in [0.29, 0.717) is 15.6 Å². The van der Waals surface area contributed by atoms with Gasteiger partial charge in [0.15, 0.2) is 0 Å². The highest BCUT2D eigenvalue weighted by molar-refractivity contribution is 6.34. The van der Waals surface area contributed by atoms with Gasteiger partial charge >= 0.3 is 5.97 Å². The van der Waals surface area contributed by atoms with Crippen molar-refractivity contribution in [2.75, 3.05) is 0 Å². The Bertz CT molecular complexity index is 687. The molecule has 0 saturated heterocycles. The monoisotopic (exact) mass is 359 g/mol. The Labute approximate surface area is 145 Å². The molecule has 22 heavy (non-hydrogen) atoms. The second kappa shape index (κ2) is 7.34. The number of hydrogen-bond acceptors (Lipinski definition) is 2. The zero-order chi connectivity index (χ0) is 15.6. The van der Waals surface area contributed by atoms with E-state index >= 15 is 0 Å². The van der Waals surface area contributed by atoms with E-state index in [1.54, 1.807) is 25.1 Å². The summed E-state index contributed by atoms with van der Waals surface area (Å²) >= 11 is 12.4. The third kappa shape index (κ3) is 4.14. The molecule has 0 fully saturated rings. The fourth-order valence-electron chi connectivity index (χ4n) is 2.26. The highest BCUT2D eigenvalue weighted by Gasteiger charge is 2.28. The number of nitrogens with two attached hydrogens (primary N) is 1. The van der Waals surface area contributed by atoms with Crippen molar-refractivity contribution in [3.8, 4) is 11.1 Å². The van der Waals surface area contributed by atoms with Gasteiger partial charge in [-0.1, -0.05) is 53.5 Å². The second-order valence-corrected chi connectivity index (χ2v) is 5.98. The molecule has 2 aromatic carbocycles. The fraction of sp³-hybridized carbons (Fsp3) is 0.188. The number of benzene rings is 2. The third-order valence-electron chi connectivity index (χ3n) is 3.27. The van der Waals surface area contributed by atoms with E-state index in [4.69, 9.17) is 34.0 Å². The van der Waals surface area contributed by atoms with Crippen molar-refractivity contribution in [1.82, 2.24) is 0 Å². The van der Waals surface area contributed by atoms with Gasteiger partial charge in [0, 0.05) is 10.6 Å². The zero-order valence-electron chi connectivity index (χ0n) is 11.8. The molecule has 3 N–H and O–H groups in total. The first-order chi connectivity index (χ1) is 9.81. The summed E-state index contributed by atoms with van der Waals surface area (Å²) in [4.78, 5) is 11.0. The SMILES string of the molecule is C[C@](N)(CC(=O)O)c1cccc(-c2cccc(Cl)c2)c1Cl.Cl. The van der Waals surface area contributed by atoms with Crippen LogP contribution in [0.25, 0.3) is 11.1 Å². The van der Waals surface area contributed by atoms with Gasteiger partial charge in [-0.25, -0.2) is 0 Å². The molecule has 0 heterocycles. The number of carbonyl (C=O) groups is 1. The Morgan fingerprint density at radius 2 is 1.86 bits per heavy atom. The van der Waals surface area contributed by atoms with E-state index in [-0.39, 0.29) is 18.8 Å². The average molecular weight is 361 g/mol. The van der Waals surface area contributed by atoms with Crippen LogP contribution in [0, 0.1) is 0 Å². The summed E-state index contributed by atoms with van der Waals surface area (Å²) in [6.45, 7) is 1.66. The largest absolute Gasteiger partial charge is 0.481 e. The van der Waals surface area contributed by atoms with Gasteiger partial charge in [0.25, 0.3) is 0 Å². The van der Waals surface area contributed by atoms with Crippen molar-refractivity contribution in [2.45, 2.75) is 18.9 Å². The van der Waals surface area contributed by atoms with Gasteiger partial charge in [0.05, 0.1) is 17.0 Å². The summed E-state index contributed by atoms with van der Waals surface area (Å²) in [5.74, 6) is -0.968. The van der Waals surface area contributed by atoms with Crippen LogP contribution in [0.4, 0.5) is 0 Å². The molecule has 0 amide bonds. The molecule has 0 aromatic heterocycles. The molecule has 0 saturated carbocycles. The van der Waals surface area contributed by atoms with E-state index in [2.05, 4.69) is 0 Å². The van der Waals surface area contributed by atoms with Gasteiger partial charge < -0.3 is 10.8 Å². The highest BCUT2D eigenvalue weighted by atomic mass is 35.5. The quantitative estimate of drug-likeness (QED) is 0.828. The minimum absolute atomic E-state index is 0. The van der Waals surface area contributed by atoms with E-state index in [0.717, 1.165) is 11.1 Å².